The molecule has 2 aromatic carbocycles. The minimum Gasteiger partial charge on any atom is -0.454 e. The fourth-order valence-corrected chi connectivity index (χ4v) is 5.71. The van der Waals surface area contributed by atoms with Gasteiger partial charge in [0, 0.05) is 18.7 Å². The Morgan fingerprint density at radius 3 is 2.52 bits per heavy atom. The van der Waals surface area contributed by atoms with Crippen molar-refractivity contribution in [3.8, 4) is 23.0 Å². The number of sulfonamides is 1. The Hall–Kier alpha value is -2.91. The van der Waals surface area contributed by atoms with Crippen LogP contribution in [0.3, 0.4) is 0 Å². The molecule has 0 bridgehead atoms. The largest absolute Gasteiger partial charge is 0.454 e. The minimum absolute atomic E-state index is 0.0356. The minimum atomic E-state index is -3.60. The Labute approximate surface area is 193 Å². The van der Waals surface area contributed by atoms with Crippen molar-refractivity contribution in [2.24, 2.45) is 0 Å². The van der Waals surface area contributed by atoms with E-state index in [0.29, 0.717) is 41.3 Å². The molecular formula is C24H27N3O5S. The van der Waals surface area contributed by atoms with Crippen molar-refractivity contribution in [3.63, 3.8) is 0 Å². The van der Waals surface area contributed by atoms with Crippen LogP contribution in [-0.2, 0) is 15.4 Å². The summed E-state index contributed by atoms with van der Waals surface area (Å²) in [6.07, 6.45) is 1.52. The molecule has 0 aliphatic carbocycles. The highest BCUT2D eigenvalue weighted by Crippen LogP contribution is 2.37. The number of fused-ring (bicyclic) bond motifs is 1. The van der Waals surface area contributed by atoms with Crippen LogP contribution in [0.2, 0.25) is 0 Å². The van der Waals surface area contributed by atoms with Crippen LogP contribution in [-0.4, -0.2) is 42.8 Å². The summed E-state index contributed by atoms with van der Waals surface area (Å²) in [4.78, 5) is 0.308. The lowest BCUT2D eigenvalue weighted by molar-refractivity contribution is 0.174. The van der Waals surface area contributed by atoms with Gasteiger partial charge in [-0.2, -0.15) is 4.31 Å². The number of ether oxygens (including phenoxy) is 2. The molecule has 3 heterocycles. The van der Waals surface area contributed by atoms with Crippen molar-refractivity contribution in [1.29, 1.82) is 0 Å². The summed E-state index contributed by atoms with van der Waals surface area (Å²) in [5.74, 6) is 1.99. The van der Waals surface area contributed by atoms with E-state index in [4.69, 9.17) is 13.9 Å². The molecule has 2 aliphatic rings. The zero-order chi connectivity index (χ0) is 23.2. The second-order valence-corrected chi connectivity index (χ2v) is 11.4. The Kier molecular flexibility index (Phi) is 5.41. The number of hydrogen-bond acceptors (Lipinski definition) is 7. The summed E-state index contributed by atoms with van der Waals surface area (Å²) in [5, 5.41) is 8.41. The third-order valence-corrected chi connectivity index (χ3v) is 8.03. The van der Waals surface area contributed by atoms with Gasteiger partial charge in [0.15, 0.2) is 11.5 Å². The maximum atomic E-state index is 13.3. The van der Waals surface area contributed by atoms with E-state index in [1.165, 1.54) is 4.31 Å². The normalized spacial score (nSPS) is 19.1. The van der Waals surface area contributed by atoms with Crippen LogP contribution in [0.25, 0.3) is 11.5 Å². The highest BCUT2D eigenvalue weighted by atomic mass is 32.2. The van der Waals surface area contributed by atoms with Crippen molar-refractivity contribution in [2.75, 3.05) is 19.9 Å². The van der Waals surface area contributed by atoms with Crippen molar-refractivity contribution in [1.82, 2.24) is 14.5 Å². The monoisotopic (exact) mass is 469 g/mol. The van der Waals surface area contributed by atoms with Crippen LogP contribution in [0.15, 0.2) is 51.8 Å². The third kappa shape index (κ3) is 4.22. The molecule has 1 fully saturated rings. The maximum Gasteiger partial charge on any atom is 0.247 e. The summed E-state index contributed by atoms with van der Waals surface area (Å²) < 4.78 is 44.8. The van der Waals surface area contributed by atoms with Gasteiger partial charge >= 0.3 is 0 Å². The smallest absolute Gasteiger partial charge is 0.247 e. The molecule has 1 unspecified atom stereocenters. The predicted molar refractivity (Wildman–Crippen MR) is 122 cm³/mol. The number of aromatic nitrogens is 2. The van der Waals surface area contributed by atoms with E-state index < -0.39 is 10.0 Å². The van der Waals surface area contributed by atoms with Gasteiger partial charge in [-0.3, -0.25) is 0 Å². The molecule has 33 heavy (non-hydrogen) atoms. The van der Waals surface area contributed by atoms with Crippen LogP contribution in [0, 0.1) is 0 Å². The summed E-state index contributed by atoms with van der Waals surface area (Å²) in [5.41, 5.74) is 1.80. The molecule has 1 saturated heterocycles. The van der Waals surface area contributed by atoms with E-state index in [2.05, 4.69) is 31.0 Å². The van der Waals surface area contributed by atoms with E-state index in [1.807, 2.05) is 18.2 Å². The van der Waals surface area contributed by atoms with Crippen LogP contribution in [0.1, 0.15) is 51.0 Å². The fraction of sp³-hybridized carbons (Fsp3) is 0.417. The molecule has 3 aromatic rings. The SMILES string of the molecule is CC(C)(C)c1ccc(S(=O)(=O)N2CCCC(c3nnc(-c4ccc5c(c4)OCO5)o3)C2)cc1. The van der Waals surface area contributed by atoms with E-state index in [0.717, 1.165) is 24.0 Å². The van der Waals surface area contributed by atoms with Gasteiger partial charge in [-0.15, -0.1) is 10.2 Å². The average molecular weight is 470 g/mol. The first kappa shape index (κ1) is 21.9. The van der Waals surface area contributed by atoms with E-state index >= 15 is 0 Å². The summed E-state index contributed by atoms with van der Waals surface area (Å²) >= 11 is 0. The highest BCUT2D eigenvalue weighted by molar-refractivity contribution is 7.89. The molecule has 0 N–H and O–H groups in total. The van der Waals surface area contributed by atoms with Crippen LogP contribution < -0.4 is 9.47 Å². The number of benzene rings is 2. The van der Waals surface area contributed by atoms with Crippen molar-refractivity contribution >= 4 is 10.0 Å². The van der Waals surface area contributed by atoms with Crippen LogP contribution in [0.4, 0.5) is 0 Å². The lowest BCUT2D eigenvalue weighted by atomic mass is 9.87. The van der Waals surface area contributed by atoms with Gasteiger partial charge in [-0.1, -0.05) is 32.9 Å². The van der Waals surface area contributed by atoms with Gasteiger partial charge in [-0.25, -0.2) is 8.42 Å². The average Bonchev–Trinajstić information content (AvgIpc) is 3.48. The molecule has 1 aromatic heterocycles. The van der Waals surface area contributed by atoms with Gasteiger partial charge < -0.3 is 13.9 Å². The topological polar surface area (TPSA) is 94.8 Å². The molecule has 9 heteroatoms. The first-order valence-electron chi connectivity index (χ1n) is 11.1. The Balaban J connectivity index is 1.34. The maximum absolute atomic E-state index is 13.3. The van der Waals surface area contributed by atoms with E-state index in [-0.39, 0.29) is 18.1 Å². The molecule has 174 valence electrons. The Morgan fingerprint density at radius 2 is 1.76 bits per heavy atom. The van der Waals surface area contributed by atoms with Crippen LogP contribution in [0.5, 0.6) is 11.5 Å². The molecule has 8 nitrogen and oxygen atoms in total. The first-order chi connectivity index (χ1) is 15.7. The lowest BCUT2D eigenvalue weighted by Gasteiger charge is -2.30. The number of piperidine rings is 1. The zero-order valence-electron chi connectivity index (χ0n) is 18.9. The summed E-state index contributed by atoms with van der Waals surface area (Å²) in [6, 6.07) is 12.6. The van der Waals surface area contributed by atoms with Crippen molar-refractivity contribution < 1.29 is 22.3 Å². The molecule has 0 saturated carbocycles. The first-order valence-corrected chi connectivity index (χ1v) is 12.5. The molecule has 0 amide bonds. The zero-order valence-corrected chi connectivity index (χ0v) is 19.8. The number of hydrogen-bond donors (Lipinski definition) is 0. The fourth-order valence-electron chi connectivity index (χ4n) is 4.18. The Bertz CT molecular complexity index is 1260. The summed E-state index contributed by atoms with van der Waals surface area (Å²) in [6.45, 7) is 7.30. The molecule has 1 atom stereocenters. The predicted octanol–water partition coefficient (Wildman–Crippen LogP) is 4.33. The third-order valence-electron chi connectivity index (χ3n) is 6.15. The van der Waals surface area contributed by atoms with Gasteiger partial charge in [0.05, 0.1) is 10.8 Å². The van der Waals surface area contributed by atoms with E-state index in [1.54, 1.807) is 24.3 Å². The van der Waals surface area contributed by atoms with Gasteiger partial charge in [-0.05, 0) is 54.2 Å². The lowest BCUT2D eigenvalue weighted by Crippen LogP contribution is -2.39. The van der Waals surface area contributed by atoms with Gasteiger partial charge in [0.1, 0.15) is 0 Å². The van der Waals surface area contributed by atoms with Gasteiger partial charge in [0.2, 0.25) is 28.6 Å². The molecule has 0 radical (unpaired) electrons. The van der Waals surface area contributed by atoms with Crippen molar-refractivity contribution in [2.45, 2.75) is 49.8 Å². The highest BCUT2D eigenvalue weighted by Gasteiger charge is 2.33. The van der Waals surface area contributed by atoms with Crippen LogP contribution >= 0.6 is 0 Å². The molecular weight excluding hydrogens is 442 g/mol. The molecule has 5 rings (SSSR count). The summed E-state index contributed by atoms with van der Waals surface area (Å²) in [7, 11) is -3.60. The second kappa shape index (κ2) is 8.14. The second-order valence-electron chi connectivity index (χ2n) is 9.49. The molecule has 0 spiro atoms. The Morgan fingerprint density at radius 1 is 1.00 bits per heavy atom. The van der Waals surface area contributed by atoms with Crippen molar-refractivity contribution in [3.05, 3.63) is 53.9 Å². The number of nitrogens with zero attached hydrogens (tertiary/aromatic N) is 3. The quantitative estimate of drug-likeness (QED) is 0.561. The number of rotatable bonds is 4. The molecule has 2 aliphatic heterocycles. The standard InChI is InChI=1S/C24H27N3O5S/c1-24(2,3)18-7-9-19(10-8-18)33(28,29)27-12-4-5-17(14-27)23-26-25-22(32-23)16-6-11-20-21(13-16)31-15-30-20/h6-11,13,17H,4-5,12,14-15H2,1-3H3. The van der Waals surface area contributed by atoms with E-state index in [9.17, 15) is 8.42 Å². The van der Waals surface area contributed by atoms with Gasteiger partial charge in [0.25, 0.3) is 0 Å².